The number of rotatable bonds is 7. The van der Waals surface area contributed by atoms with Crippen LogP contribution in [0.25, 0.3) is 32.9 Å². The molecular weight excluding hydrogens is 588 g/mol. The molecule has 4 aliphatic heterocycles. The quantitative estimate of drug-likeness (QED) is 0.260. The number of terminal acetylenes is 1. The number of aromatic nitrogens is 3. The molecule has 0 spiro atoms. The van der Waals surface area contributed by atoms with Gasteiger partial charge in [-0.05, 0) is 62.9 Å². The number of halogens is 2. The molecule has 4 aromatic rings. The number of pyridine rings is 1. The Kier molecular flexibility index (Phi) is 7.20. The number of nitrogens with zero attached hydrogens (tertiary/aromatic N) is 5. The number of phenols is 1. The number of fused-ring (bicyclic) bond motifs is 5. The van der Waals surface area contributed by atoms with Crippen LogP contribution in [0.4, 0.5) is 14.6 Å². The van der Waals surface area contributed by atoms with Gasteiger partial charge in [-0.3, -0.25) is 4.90 Å². The van der Waals surface area contributed by atoms with Crippen molar-refractivity contribution in [2.45, 2.75) is 62.4 Å². The monoisotopic (exact) mass is 625 g/mol. The first-order valence-corrected chi connectivity index (χ1v) is 16.2. The predicted molar refractivity (Wildman–Crippen MR) is 173 cm³/mol. The molecule has 238 valence electrons. The number of benzene rings is 2. The Morgan fingerprint density at radius 3 is 2.76 bits per heavy atom. The summed E-state index contributed by atoms with van der Waals surface area (Å²) in [6.07, 6.45) is 9.35. The normalized spacial score (nSPS) is 25.8. The Hall–Kier alpha value is -4.11. The summed E-state index contributed by atoms with van der Waals surface area (Å²) in [7, 11) is 1.81. The van der Waals surface area contributed by atoms with Crippen molar-refractivity contribution in [1.29, 1.82) is 0 Å². The van der Waals surface area contributed by atoms with E-state index < -0.39 is 17.5 Å². The molecule has 0 amide bonds. The lowest BCUT2D eigenvalue weighted by molar-refractivity contribution is 0.107. The van der Waals surface area contributed by atoms with Gasteiger partial charge in [-0.15, -0.1) is 6.42 Å². The van der Waals surface area contributed by atoms with Crippen LogP contribution in [0.15, 0.2) is 30.3 Å². The van der Waals surface area contributed by atoms with E-state index in [1.54, 1.807) is 12.1 Å². The van der Waals surface area contributed by atoms with Crippen molar-refractivity contribution in [2.75, 3.05) is 44.7 Å². The number of hydrogen-bond donors (Lipinski definition) is 3. The minimum absolute atomic E-state index is 0.0278. The Bertz CT molecular complexity index is 1890. The highest BCUT2D eigenvalue weighted by molar-refractivity contribution is 6.03. The predicted octanol–water partition coefficient (Wildman–Crippen LogP) is 4.29. The van der Waals surface area contributed by atoms with Gasteiger partial charge in [-0.25, -0.2) is 13.8 Å². The van der Waals surface area contributed by atoms with Gasteiger partial charge in [0.1, 0.15) is 35.6 Å². The van der Waals surface area contributed by atoms with Crippen LogP contribution in [0.5, 0.6) is 11.8 Å². The third kappa shape index (κ3) is 4.82. The molecule has 4 saturated heterocycles. The van der Waals surface area contributed by atoms with Crippen molar-refractivity contribution < 1.29 is 18.6 Å². The van der Waals surface area contributed by atoms with Gasteiger partial charge in [-0.1, -0.05) is 18.1 Å². The molecular formula is C35H37F2N7O2. The molecule has 6 heterocycles. The third-order valence-corrected chi connectivity index (χ3v) is 10.3. The van der Waals surface area contributed by atoms with Gasteiger partial charge >= 0.3 is 6.01 Å². The first kappa shape index (κ1) is 29.3. The maximum Gasteiger partial charge on any atom is 0.319 e. The molecule has 2 unspecified atom stereocenters. The second-order valence-corrected chi connectivity index (χ2v) is 13.3. The average Bonchev–Trinajstić information content (AvgIpc) is 3.70. The molecule has 2 aromatic heterocycles. The zero-order chi connectivity index (χ0) is 31.6. The van der Waals surface area contributed by atoms with Crippen molar-refractivity contribution in [3.8, 4) is 35.4 Å². The van der Waals surface area contributed by atoms with Crippen LogP contribution >= 0.6 is 0 Å². The van der Waals surface area contributed by atoms with Crippen molar-refractivity contribution in [2.24, 2.45) is 0 Å². The van der Waals surface area contributed by atoms with Crippen LogP contribution in [0.1, 0.15) is 43.4 Å². The Morgan fingerprint density at radius 1 is 1.15 bits per heavy atom. The molecule has 3 N–H and O–H groups in total. The number of anilines is 1. The Balaban J connectivity index is 1.32. The van der Waals surface area contributed by atoms with Crippen molar-refractivity contribution in [3.63, 3.8) is 0 Å². The molecule has 2 aromatic carbocycles. The molecule has 0 saturated carbocycles. The summed E-state index contributed by atoms with van der Waals surface area (Å²) in [5.41, 5.74) is 1.24. The van der Waals surface area contributed by atoms with Gasteiger partial charge in [-0.2, -0.15) is 9.97 Å². The Morgan fingerprint density at radius 2 is 1.98 bits per heavy atom. The Labute approximate surface area is 266 Å². The maximum atomic E-state index is 17.1. The summed E-state index contributed by atoms with van der Waals surface area (Å²) in [6, 6.07) is 9.21. The molecule has 4 atom stereocenters. The number of alkyl halides is 1. The minimum Gasteiger partial charge on any atom is -0.508 e. The smallest absolute Gasteiger partial charge is 0.319 e. The summed E-state index contributed by atoms with van der Waals surface area (Å²) in [5.74, 6) is 2.61. The molecule has 4 aliphatic rings. The lowest BCUT2D eigenvalue weighted by Gasteiger charge is -2.35. The van der Waals surface area contributed by atoms with Gasteiger partial charge in [0.2, 0.25) is 0 Å². The highest BCUT2D eigenvalue weighted by Gasteiger charge is 2.49. The van der Waals surface area contributed by atoms with E-state index in [4.69, 9.17) is 26.1 Å². The van der Waals surface area contributed by atoms with Gasteiger partial charge in [0, 0.05) is 61.2 Å². The SMILES string of the molecule is C#Cc1cccc2cc(O)cc(-c3nc(CNC)c4c(N5CC6CCC(C5)N6)nc(OC[C@@]56CCCN5C[C@H](F)C6)nc4c3F)c12. The zero-order valence-corrected chi connectivity index (χ0v) is 25.8. The summed E-state index contributed by atoms with van der Waals surface area (Å²) in [4.78, 5) is 18.9. The first-order valence-electron chi connectivity index (χ1n) is 16.2. The van der Waals surface area contributed by atoms with Gasteiger partial charge in [0.15, 0.2) is 5.82 Å². The fraction of sp³-hybridized carbons (Fsp3) is 0.457. The summed E-state index contributed by atoms with van der Waals surface area (Å²) in [5, 5.41) is 19.4. The van der Waals surface area contributed by atoms with Crippen LogP contribution in [0, 0.1) is 18.2 Å². The van der Waals surface area contributed by atoms with Crippen LogP contribution in [-0.4, -0.2) is 88.6 Å². The second-order valence-electron chi connectivity index (χ2n) is 13.3. The molecule has 8 rings (SSSR count). The van der Waals surface area contributed by atoms with Crippen LogP contribution in [-0.2, 0) is 6.54 Å². The lowest BCUT2D eigenvalue weighted by Crippen LogP contribution is -2.51. The highest BCUT2D eigenvalue weighted by atomic mass is 19.1. The number of phenolic OH excluding ortho intramolecular Hbond substituents is 1. The second kappa shape index (κ2) is 11.3. The van der Waals surface area contributed by atoms with E-state index in [2.05, 4.69) is 26.4 Å². The van der Waals surface area contributed by atoms with Crippen molar-refractivity contribution >= 4 is 27.5 Å². The number of aromatic hydroxyl groups is 1. The molecule has 46 heavy (non-hydrogen) atoms. The molecule has 4 fully saturated rings. The molecule has 11 heteroatoms. The number of nitrogens with one attached hydrogen (secondary N) is 2. The van der Waals surface area contributed by atoms with Gasteiger partial charge in [0.25, 0.3) is 0 Å². The van der Waals surface area contributed by atoms with Crippen LogP contribution < -0.4 is 20.3 Å². The number of hydrogen-bond acceptors (Lipinski definition) is 9. The van der Waals surface area contributed by atoms with Crippen LogP contribution in [0.3, 0.4) is 0 Å². The summed E-state index contributed by atoms with van der Waals surface area (Å²) in [6.45, 7) is 3.24. The molecule has 0 aliphatic carbocycles. The van der Waals surface area contributed by atoms with Crippen LogP contribution in [0.2, 0.25) is 0 Å². The number of piperazine rings is 1. The number of ether oxygens (including phenoxy) is 1. The first-order chi connectivity index (χ1) is 22.4. The van der Waals surface area contributed by atoms with E-state index in [1.807, 2.05) is 19.2 Å². The van der Waals surface area contributed by atoms with E-state index in [9.17, 15) is 9.50 Å². The lowest BCUT2D eigenvalue weighted by atomic mass is 9.95. The third-order valence-electron chi connectivity index (χ3n) is 10.3. The topological polar surface area (TPSA) is 98.7 Å². The maximum absolute atomic E-state index is 17.1. The van der Waals surface area contributed by atoms with Crippen molar-refractivity contribution in [3.05, 3.63) is 47.4 Å². The van der Waals surface area contributed by atoms with Gasteiger partial charge in [0.05, 0.1) is 16.6 Å². The standard InChI is InChI=1S/C35H37F2N7O2/c1-3-20-6-4-7-21-12-25(45)13-26(28(20)21)31-30(37)32-29(27(40-31)15-38-2)33(43-17-23-8-9-24(18-43)39-23)42-34(41-32)46-19-35-10-5-11-44(35)16-22(36)14-35/h1,4,6-7,12-13,22-24,38-39,45H,5,8-11,14-19H2,2H3/t22-,23?,24?,35+/m1/s1. The summed E-state index contributed by atoms with van der Waals surface area (Å²) < 4.78 is 38.0. The highest BCUT2D eigenvalue weighted by Crippen LogP contribution is 2.42. The van der Waals surface area contributed by atoms with Crippen molar-refractivity contribution in [1.82, 2.24) is 30.5 Å². The van der Waals surface area contributed by atoms with E-state index in [0.717, 1.165) is 32.2 Å². The molecule has 9 nitrogen and oxygen atoms in total. The zero-order valence-electron chi connectivity index (χ0n) is 25.8. The average molecular weight is 626 g/mol. The van der Waals surface area contributed by atoms with E-state index in [1.165, 1.54) is 6.07 Å². The minimum atomic E-state index is -0.895. The molecule has 0 radical (unpaired) electrons. The molecule has 2 bridgehead atoms. The van der Waals surface area contributed by atoms with Gasteiger partial charge < -0.3 is 25.4 Å². The fourth-order valence-electron chi connectivity index (χ4n) is 8.31. The van der Waals surface area contributed by atoms with E-state index >= 15 is 4.39 Å². The largest absolute Gasteiger partial charge is 0.508 e. The van der Waals surface area contributed by atoms with E-state index in [-0.39, 0.29) is 29.6 Å². The fourth-order valence-corrected chi connectivity index (χ4v) is 8.31. The van der Waals surface area contributed by atoms with E-state index in [0.29, 0.717) is 83.5 Å². The summed E-state index contributed by atoms with van der Waals surface area (Å²) >= 11 is 0.